The van der Waals surface area contributed by atoms with Crippen LogP contribution in [-0.2, 0) is 0 Å². The molecule has 1 fully saturated rings. The van der Waals surface area contributed by atoms with E-state index in [-0.39, 0.29) is 36.7 Å². The minimum atomic E-state index is -0.114. The molecule has 0 spiro atoms. The maximum atomic E-state index is 12.7. The number of carbonyl (C=O) groups is 1. The first kappa shape index (κ1) is 18.7. The number of likely N-dealkylation sites (N-methyl/N-ethyl adjacent to an activating group) is 1. The van der Waals surface area contributed by atoms with Crippen molar-refractivity contribution in [3.05, 3.63) is 29.3 Å². The van der Waals surface area contributed by atoms with Crippen LogP contribution in [0, 0.1) is 18.8 Å². The van der Waals surface area contributed by atoms with Gasteiger partial charge in [0.05, 0.1) is 6.61 Å². The van der Waals surface area contributed by atoms with Crippen LogP contribution in [0.4, 0.5) is 0 Å². The van der Waals surface area contributed by atoms with Gasteiger partial charge in [-0.2, -0.15) is 0 Å². The second-order valence-electron chi connectivity index (χ2n) is 6.53. The molecule has 2 atom stereocenters. The normalized spacial score (nSPS) is 20.8. The molecule has 1 heterocycles. The number of amides is 1. The number of rotatable bonds is 7. The summed E-state index contributed by atoms with van der Waals surface area (Å²) in [7, 11) is 0. The summed E-state index contributed by atoms with van der Waals surface area (Å²) in [6, 6.07) is 4.96. The number of carbonyl (C=O) groups excluding carboxylic acids is 1. The molecule has 24 heavy (non-hydrogen) atoms. The quantitative estimate of drug-likeness (QED) is 0.682. The summed E-state index contributed by atoms with van der Waals surface area (Å²) >= 11 is 0. The van der Waals surface area contributed by atoms with E-state index >= 15 is 0 Å². The van der Waals surface area contributed by atoms with Gasteiger partial charge in [-0.3, -0.25) is 4.79 Å². The van der Waals surface area contributed by atoms with Crippen molar-refractivity contribution >= 4 is 5.91 Å². The van der Waals surface area contributed by atoms with E-state index in [2.05, 4.69) is 4.90 Å². The number of aromatic hydroxyl groups is 1. The number of phenols is 1. The smallest absolute Gasteiger partial charge is 0.254 e. The lowest BCUT2D eigenvalue weighted by atomic mass is 9.96. The van der Waals surface area contributed by atoms with E-state index in [9.17, 15) is 15.0 Å². The Kier molecular flexibility index (Phi) is 6.60. The van der Waals surface area contributed by atoms with Gasteiger partial charge < -0.3 is 25.1 Å². The second-order valence-corrected chi connectivity index (χ2v) is 6.53. The molecule has 1 aliphatic rings. The minimum Gasteiger partial charge on any atom is -0.508 e. The van der Waals surface area contributed by atoms with Crippen LogP contribution in [-0.4, -0.2) is 77.0 Å². The maximum Gasteiger partial charge on any atom is 0.254 e. The molecule has 6 nitrogen and oxygen atoms in total. The minimum absolute atomic E-state index is 0.0424. The molecule has 0 bridgehead atoms. The predicted molar refractivity (Wildman–Crippen MR) is 92.0 cm³/mol. The Balaban J connectivity index is 2.06. The zero-order chi connectivity index (χ0) is 17.7. The van der Waals surface area contributed by atoms with E-state index in [1.807, 2.05) is 6.92 Å². The van der Waals surface area contributed by atoms with Gasteiger partial charge in [0.15, 0.2) is 0 Å². The van der Waals surface area contributed by atoms with Crippen molar-refractivity contribution in [3.8, 4) is 5.75 Å². The van der Waals surface area contributed by atoms with E-state index < -0.39 is 0 Å². The number of phenolic OH excluding ortho intramolecular Hbond substituents is 1. The highest BCUT2D eigenvalue weighted by molar-refractivity contribution is 5.95. The van der Waals surface area contributed by atoms with E-state index in [0.29, 0.717) is 25.2 Å². The fraction of sp³-hybridized carbons (Fsp3) is 0.611. The van der Waals surface area contributed by atoms with E-state index in [4.69, 9.17) is 5.11 Å². The lowest BCUT2D eigenvalue weighted by Gasteiger charge is -2.25. The summed E-state index contributed by atoms with van der Waals surface area (Å²) in [6.07, 6.45) is 0. The molecule has 0 saturated carbocycles. The van der Waals surface area contributed by atoms with Gasteiger partial charge in [-0.05, 0) is 37.1 Å². The summed E-state index contributed by atoms with van der Waals surface area (Å²) in [4.78, 5) is 16.6. The largest absolute Gasteiger partial charge is 0.508 e. The third-order valence-corrected chi connectivity index (χ3v) is 4.91. The van der Waals surface area contributed by atoms with Gasteiger partial charge in [-0.25, -0.2) is 0 Å². The van der Waals surface area contributed by atoms with Crippen molar-refractivity contribution < 1.29 is 20.1 Å². The van der Waals surface area contributed by atoms with Gasteiger partial charge in [0.25, 0.3) is 5.91 Å². The van der Waals surface area contributed by atoms with Gasteiger partial charge in [-0.1, -0.05) is 13.0 Å². The zero-order valence-electron chi connectivity index (χ0n) is 14.5. The molecule has 1 amide bonds. The van der Waals surface area contributed by atoms with Gasteiger partial charge >= 0.3 is 0 Å². The Morgan fingerprint density at radius 2 is 2.00 bits per heavy atom. The van der Waals surface area contributed by atoms with Gasteiger partial charge in [0.2, 0.25) is 0 Å². The number of aliphatic hydroxyl groups is 2. The third-order valence-electron chi connectivity index (χ3n) is 4.91. The average Bonchev–Trinajstić information content (AvgIpc) is 2.99. The van der Waals surface area contributed by atoms with Crippen molar-refractivity contribution in [2.24, 2.45) is 11.8 Å². The number of hydrogen-bond acceptors (Lipinski definition) is 5. The lowest BCUT2D eigenvalue weighted by Crippen LogP contribution is -2.36. The van der Waals surface area contributed by atoms with Crippen molar-refractivity contribution in [1.82, 2.24) is 9.80 Å². The topological polar surface area (TPSA) is 84.2 Å². The first-order valence-corrected chi connectivity index (χ1v) is 8.53. The summed E-state index contributed by atoms with van der Waals surface area (Å²) in [5, 5.41) is 28.6. The monoisotopic (exact) mass is 336 g/mol. The van der Waals surface area contributed by atoms with E-state index in [0.717, 1.165) is 18.7 Å². The number of nitrogens with zero attached hydrogens (tertiary/aromatic N) is 2. The number of aliphatic hydroxyl groups excluding tert-OH is 2. The summed E-state index contributed by atoms with van der Waals surface area (Å²) < 4.78 is 0. The molecule has 134 valence electrons. The molecule has 3 N–H and O–H groups in total. The van der Waals surface area contributed by atoms with E-state index in [1.165, 1.54) is 6.07 Å². The molecule has 0 aliphatic carbocycles. The molecule has 1 aromatic rings. The molecule has 0 radical (unpaired) electrons. The molecular formula is C18H28N2O4. The first-order valence-electron chi connectivity index (χ1n) is 8.53. The SMILES string of the molecule is CCN(CCO)C[C@@H]1CN(C(=O)c2ccc(C)c(O)c2)C[C@@H]1CO. The average molecular weight is 336 g/mol. The fourth-order valence-electron chi connectivity index (χ4n) is 3.29. The Labute approximate surface area is 143 Å². The number of likely N-dealkylation sites (tertiary alicyclic amines) is 1. The van der Waals surface area contributed by atoms with Gasteiger partial charge in [0.1, 0.15) is 5.75 Å². The Morgan fingerprint density at radius 3 is 2.58 bits per heavy atom. The Morgan fingerprint density at radius 1 is 1.29 bits per heavy atom. The Bertz CT molecular complexity index is 564. The molecule has 6 heteroatoms. The van der Waals surface area contributed by atoms with Crippen LogP contribution in [0.1, 0.15) is 22.8 Å². The van der Waals surface area contributed by atoms with Crippen LogP contribution >= 0.6 is 0 Å². The third kappa shape index (κ3) is 4.26. The Hall–Kier alpha value is -1.63. The molecule has 1 aromatic carbocycles. The molecule has 0 aromatic heterocycles. The highest BCUT2D eigenvalue weighted by atomic mass is 16.3. The highest BCUT2D eigenvalue weighted by Gasteiger charge is 2.35. The maximum absolute atomic E-state index is 12.7. The van der Waals surface area contributed by atoms with Crippen molar-refractivity contribution in [1.29, 1.82) is 0 Å². The first-order chi connectivity index (χ1) is 11.5. The van der Waals surface area contributed by atoms with Crippen molar-refractivity contribution in [2.45, 2.75) is 13.8 Å². The van der Waals surface area contributed by atoms with Gasteiger partial charge in [-0.15, -0.1) is 0 Å². The fourth-order valence-corrected chi connectivity index (χ4v) is 3.29. The molecule has 2 rings (SSSR count). The predicted octanol–water partition coefficient (Wildman–Crippen LogP) is 0.695. The van der Waals surface area contributed by atoms with Crippen LogP contribution in [0.3, 0.4) is 0 Å². The van der Waals surface area contributed by atoms with Crippen LogP contribution in [0.25, 0.3) is 0 Å². The van der Waals surface area contributed by atoms with Crippen LogP contribution < -0.4 is 0 Å². The molecule has 1 saturated heterocycles. The number of hydrogen-bond donors (Lipinski definition) is 3. The van der Waals surface area contributed by atoms with Gasteiger partial charge in [0, 0.05) is 44.3 Å². The van der Waals surface area contributed by atoms with Crippen LogP contribution in [0.5, 0.6) is 5.75 Å². The van der Waals surface area contributed by atoms with E-state index in [1.54, 1.807) is 24.0 Å². The van der Waals surface area contributed by atoms with Crippen LogP contribution in [0.15, 0.2) is 18.2 Å². The second kappa shape index (κ2) is 8.46. The van der Waals surface area contributed by atoms with Crippen molar-refractivity contribution in [2.75, 3.05) is 45.9 Å². The zero-order valence-corrected chi connectivity index (χ0v) is 14.5. The summed E-state index contributed by atoms with van der Waals surface area (Å²) in [5.41, 5.74) is 1.21. The lowest BCUT2D eigenvalue weighted by molar-refractivity contribution is 0.0778. The number of aryl methyl sites for hydroxylation is 1. The summed E-state index contributed by atoms with van der Waals surface area (Å²) in [6.45, 7) is 7.27. The molecule has 1 aliphatic heterocycles. The standard InChI is InChI=1S/C18H28N2O4/c1-3-19(6-7-21)9-15-10-20(11-16(15)12-22)18(24)14-5-4-13(2)17(23)8-14/h4-5,8,15-16,21-23H,3,6-7,9-12H2,1-2H3/t15-,16-/m1/s1. The number of benzene rings is 1. The molecule has 0 unspecified atom stereocenters. The van der Waals surface area contributed by atoms with Crippen LogP contribution in [0.2, 0.25) is 0 Å². The molecular weight excluding hydrogens is 308 g/mol. The highest BCUT2D eigenvalue weighted by Crippen LogP contribution is 2.27. The summed E-state index contributed by atoms with van der Waals surface area (Å²) in [5.74, 6) is 0.233. The van der Waals surface area contributed by atoms with Crippen molar-refractivity contribution in [3.63, 3.8) is 0 Å².